The zero-order chi connectivity index (χ0) is 15.6. The SMILES string of the molecule is CNCCN(C)C(=O)c1cnc2onc(C(C)(C)C)c2c1. The molecule has 0 saturated carbocycles. The lowest BCUT2D eigenvalue weighted by molar-refractivity contribution is 0.0796. The monoisotopic (exact) mass is 290 g/mol. The summed E-state index contributed by atoms with van der Waals surface area (Å²) in [6.45, 7) is 7.55. The fourth-order valence-corrected chi connectivity index (χ4v) is 2.09. The van der Waals surface area contributed by atoms with Crippen LogP contribution in [0.4, 0.5) is 0 Å². The number of nitrogens with one attached hydrogen (secondary N) is 1. The molecule has 2 rings (SSSR count). The highest BCUT2D eigenvalue weighted by atomic mass is 16.5. The van der Waals surface area contributed by atoms with Crippen LogP contribution in [0.3, 0.4) is 0 Å². The minimum atomic E-state index is -0.160. The summed E-state index contributed by atoms with van der Waals surface area (Å²) in [4.78, 5) is 18.3. The molecule has 0 radical (unpaired) electrons. The molecular weight excluding hydrogens is 268 g/mol. The number of carbonyl (C=O) groups is 1. The van der Waals surface area contributed by atoms with Gasteiger partial charge < -0.3 is 14.7 Å². The fourth-order valence-electron chi connectivity index (χ4n) is 2.09. The third kappa shape index (κ3) is 3.21. The molecule has 0 aliphatic carbocycles. The number of carbonyl (C=O) groups excluding carboxylic acids is 1. The number of aromatic nitrogens is 2. The van der Waals surface area contributed by atoms with Gasteiger partial charge in [0.25, 0.3) is 11.6 Å². The molecule has 1 amide bonds. The van der Waals surface area contributed by atoms with Gasteiger partial charge in [-0.25, -0.2) is 4.98 Å². The third-order valence-corrected chi connectivity index (χ3v) is 3.33. The normalized spacial score (nSPS) is 11.9. The molecule has 114 valence electrons. The first-order chi connectivity index (χ1) is 9.84. The molecule has 6 nitrogen and oxygen atoms in total. The van der Waals surface area contributed by atoms with Crippen LogP contribution in [0.5, 0.6) is 0 Å². The van der Waals surface area contributed by atoms with Gasteiger partial charge in [0.1, 0.15) is 0 Å². The summed E-state index contributed by atoms with van der Waals surface area (Å²) in [5.41, 5.74) is 1.67. The first-order valence-corrected chi connectivity index (χ1v) is 7.00. The van der Waals surface area contributed by atoms with Gasteiger partial charge in [0, 0.05) is 31.7 Å². The Morgan fingerprint density at radius 3 is 2.76 bits per heavy atom. The zero-order valence-corrected chi connectivity index (χ0v) is 13.2. The number of amides is 1. The Morgan fingerprint density at radius 1 is 1.43 bits per heavy atom. The highest BCUT2D eigenvalue weighted by molar-refractivity contribution is 5.97. The maximum absolute atomic E-state index is 12.4. The van der Waals surface area contributed by atoms with Gasteiger partial charge in [-0.3, -0.25) is 4.79 Å². The van der Waals surface area contributed by atoms with Gasteiger partial charge in [-0.05, 0) is 13.1 Å². The lowest BCUT2D eigenvalue weighted by Gasteiger charge is -2.17. The highest BCUT2D eigenvalue weighted by Crippen LogP contribution is 2.28. The summed E-state index contributed by atoms with van der Waals surface area (Å²) in [6.07, 6.45) is 1.54. The van der Waals surface area contributed by atoms with Crippen molar-refractivity contribution in [1.29, 1.82) is 0 Å². The molecule has 0 aromatic carbocycles. The van der Waals surface area contributed by atoms with Crippen molar-refractivity contribution >= 4 is 17.0 Å². The van der Waals surface area contributed by atoms with Gasteiger partial charge in [0.15, 0.2) is 0 Å². The summed E-state index contributed by atoms with van der Waals surface area (Å²) in [6, 6.07) is 1.82. The van der Waals surface area contributed by atoms with Crippen LogP contribution < -0.4 is 5.32 Å². The summed E-state index contributed by atoms with van der Waals surface area (Å²) < 4.78 is 5.24. The van der Waals surface area contributed by atoms with Crippen LogP contribution in [-0.4, -0.2) is 48.1 Å². The molecule has 0 atom stereocenters. The number of nitrogens with zero attached hydrogens (tertiary/aromatic N) is 3. The van der Waals surface area contributed by atoms with Crippen molar-refractivity contribution in [3.05, 3.63) is 23.5 Å². The predicted octanol–water partition coefficient (Wildman–Crippen LogP) is 1.81. The topological polar surface area (TPSA) is 71.3 Å². The van der Waals surface area contributed by atoms with Crippen molar-refractivity contribution < 1.29 is 9.32 Å². The Hall–Kier alpha value is -1.95. The molecule has 0 bridgehead atoms. The molecule has 0 aliphatic rings. The summed E-state index contributed by atoms with van der Waals surface area (Å²) in [5.74, 6) is -0.0549. The summed E-state index contributed by atoms with van der Waals surface area (Å²) in [7, 11) is 3.64. The molecule has 2 aromatic rings. The number of likely N-dealkylation sites (N-methyl/N-ethyl adjacent to an activating group) is 2. The van der Waals surface area contributed by atoms with E-state index < -0.39 is 0 Å². The lowest BCUT2D eigenvalue weighted by Crippen LogP contribution is -2.32. The van der Waals surface area contributed by atoms with Crippen LogP contribution in [0.2, 0.25) is 0 Å². The average Bonchev–Trinajstić information content (AvgIpc) is 2.86. The second-order valence-corrected chi connectivity index (χ2v) is 6.19. The molecule has 0 aliphatic heterocycles. The molecule has 6 heteroatoms. The highest BCUT2D eigenvalue weighted by Gasteiger charge is 2.24. The zero-order valence-electron chi connectivity index (χ0n) is 13.2. The quantitative estimate of drug-likeness (QED) is 0.930. The van der Waals surface area contributed by atoms with E-state index in [0.717, 1.165) is 17.6 Å². The summed E-state index contributed by atoms with van der Waals surface area (Å²) >= 11 is 0. The molecule has 21 heavy (non-hydrogen) atoms. The van der Waals surface area contributed by atoms with Crippen LogP contribution in [-0.2, 0) is 5.41 Å². The molecular formula is C15H22N4O2. The van der Waals surface area contributed by atoms with Crippen LogP contribution in [0, 0.1) is 0 Å². The van der Waals surface area contributed by atoms with E-state index in [0.29, 0.717) is 17.8 Å². The van der Waals surface area contributed by atoms with Gasteiger partial charge in [-0.2, -0.15) is 0 Å². The van der Waals surface area contributed by atoms with Gasteiger partial charge in [0.2, 0.25) is 0 Å². The largest absolute Gasteiger partial charge is 0.340 e. The van der Waals surface area contributed by atoms with E-state index in [1.807, 2.05) is 13.1 Å². The number of fused-ring (bicyclic) bond motifs is 1. The number of hydrogen-bond acceptors (Lipinski definition) is 5. The van der Waals surface area contributed by atoms with Crippen LogP contribution in [0.1, 0.15) is 36.8 Å². The molecule has 2 heterocycles. The second-order valence-electron chi connectivity index (χ2n) is 6.19. The Bertz CT molecular complexity index is 643. The average molecular weight is 290 g/mol. The van der Waals surface area contributed by atoms with E-state index in [4.69, 9.17) is 4.52 Å². The van der Waals surface area contributed by atoms with E-state index >= 15 is 0 Å². The van der Waals surface area contributed by atoms with E-state index in [2.05, 4.69) is 36.2 Å². The Labute approximate surface area is 124 Å². The Balaban J connectivity index is 2.36. The van der Waals surface area contributed by atoms with E-state index in [9.17, 15) is 4.79 Å². The Morgan fingerprint density at radius 2 is 2.14 bits per heavy atom. The van der Waals surface area contributed by atoms with Crippen molar-refractivity contribution in [3.63, 3.8) is 0 Å². The van der Waals surface area contributed by atoms with E-state index in [1.165, 1.54) is 6.20 Å². The van der Waals surface area contributed by atoms with Crippen molar-refractivity contribution in [1.82, 2.24) is 20.4 Å². The lowest BCUT2D eigenvalue weighted by atomic mass is 9.90. The molecule has 0 fully saturated rings. The molecule has 0 unspecified atom stereocenters. The van der Waals surface area contributed by atoms with Gasteiger partial charge in [0.05, 0.1) is 16.6 Å². The molecule has 1 N–H and O–H groups in total. The van der Waals surface area contributed by atoms with Crippen molar-refractivity contribution in [2.75, 3.05) is 27.2 Å². The number of rotatable bonds is 4. The first kappa shape index (κ1) is 15.4. The smallest absolute Gasteiger partial charge is 0.257 e. The molecule has 0 spiro atoms. The van der Waals surface area contributed by atoms with Crippen LogP contribution in [0.15, 0.2) is 16.8 Å². The predicted molar refractivity (Wildman–Crippen MR) is 81.4 cm³/mol. The standard InChI is InChI=1S/C15H22N4O2/c1-15(2,3)12-11-8-10(9-17-13(11)21-18-12)14(20)19(5)7-6-16-4/h8-9,16H,6-7H2,1-5H3. The Kier molecular flexibility index (Phi) is 4.27. The van der Waals surface area contributed by atoms with E-state index in [1.54, 1.807) is 11.9 Å². The van der Waals surface area contributed by atoms with Crippen molar-refractivity contribution in [2.45, 2.75) is 26.2 Å². The minimum absolute atomic E-state index is 0.0549. The van der Waals surface area contributed by atoms with Crippen molar-refractivity contribution in [3.8, 4) is 0 Å². The van der Waals surface area contributed by atoms with Gasteiger partial charge in [-0.15, -0.1) is 0 Å². The van der Waals surface area contributed by atoms with Crippen molar-refractivity contribution in [2.24, 2.45) is 0 Å². The minimum Gasteiger partial charge on any atom is -0.340 e. The first-order valence-electron chi connectivity index (χ1n) is 7.00. The fraction of sp³-hybridized carbons (Fsp3) is 0.533. The maximum atomic E-state index is 12.4. The van der Waals surface area contributed by atoms with Crippen LogP contribution >= 0.6 is 0 Å². The number of pyridine rings is 1. The third-order valence-electron chi connectivity index (χ3n) is 3.33. The van der Waals surface area contributed by atoms with Gasteiger partial charge >= 0.3 is 0 Å². The van der Waals surface area contributed by atoms with Gasteiger partial charge in [-0.1, -0.05) is 25.9 Å². The van der Waals surface area contributed by atoms with Crippen LogP contribution in [0.25, 0.3) is 11.1 Å². The van der Waals surface area contributed by atoms with E-state index in [-0.39, 0.29) is 11.3 Å². The molecule has 0 saturated heterocycles. The maximum Gasteiger partial charge on any atom is 0.257 e. The second kappa shape index (κ2) is 5.81. The molecule has 2 aromatic heterocycles. The number of hydrogen-bond donors (Lipinski definition) is 1. The summed E-state index contributed by atoms with van der Waals surface area (Å²) in [5, 5.41) is 7.92.